The molecule has 1 amide bonds. The van der Waals surface area contributed by atoms with Crippen LogP contribution < -0.4 is 5.32 Å². The molecule has 0 radical (unpaired) electrons. The maximum absolute atomic E-state index is 12.2. The molecule has 5 heteroatoms. The number of furan rings is 1. The molecule has 24 heavy (non-hydrogen) atoms. The molecule has 0 atom stereocenters. The molecular formula is C19H16ClNO2S. The SMILES string of the molecule is O=C(NCc1ccco1)c1cccc(CSc2ccc(Cl)cc2)c1. The van der Waals surface area contributed by atoms with Gasteiger partial charge in [-0.2, -0.15) is 0 Å². The highest BCUT2D eigenvalue weighted by Crippen LogP contribution is 2.24. The molecule has 0 saturated heterocycles. The quantitative estimate of drug-likeness (QED) is 0.620. The minimum Gasteiger partial charge on any atom is -0.467 e. The Morgan fingerprint density at radius 3 is 2.67 bits per heavy atom. The van der Waals surface area contributed by atoms with Crippen LogP contribution in [0, 0.1) is 0 Å². The standard InChI is InChI=1S/C19H16ClNO2S/c20-16-6-8-18(9-7-16)24-13-14-3-1-4-15(11-14)19(22)21-12-17-5-2-10-23-17/h1-11H,12-13H2,(H,21,22). The number of rotatable bonds is 6. The molecule has 0 aliphatic heterocycles. The van der Waals surface area contributed by atoms with Crippen molar-refractivity contribution in [2.45, 2.75) is 17.2 Å². The van der Waals surface area contributed by atoms with Gasteiger partial charge in [-0.1, -0.05) is 23.7 Å². The summed E-state index contributed by atoms with van der Waals surface area (Å²) in [7, 11) is 0. The first-order chi connectivity index (χ1) is 11.7. The lowest BCUT2D eigenvalue weighted by Crippen LogP contribution is -2.22. The highest BCUT2D eigenvalue weighted by molar-refractivity contribution is 7.98. The third-order valence-corrected chi connectivity index (χ3v) is 4.75. The third kappa shape index (κ3) is 4.66. The van der Waals surface area contributed by atoms with Crippen molar-refractivity contribution < 1.29 is 9.21 Å². The van der Waals surface area contributed by atoms with Crippen LogP contribution in [0.5, 0.6) is 0 Å². The van der Waals surface area contributed by atoms with Gasteiger partial charge in [0.2, 0.25) is 0 Å². The van der Waals surface area contributed by atoms with Gasteiger partial charge in [-0.15, -0.1) is 11.8 Å². The number of hydrogen-bond donors (Lipinski definition) is 1. The van der Waals surface area contributed by atoms with Gasteiger partial charge in [0.1, 0.15) is 5.76 Å². The number of nitrogens with one attached hydrogen (secondary N) is 1. The fourth-order valence-corrected chi connectivity index (χ4v) is 3.15. The van der Waals surface area contributed by atoms with Gasteiger partial charge in [-0.25, -0.2) is 0 Å². The van der Waals surface area contributed by atoms with Crippen LogP contribution in [0.2, 0.25) is 5.02 Å². The first-order valence-corrected chi connectivity index (χ1v) is 8.85. The average molecular weight is 358 g/mol. The van der Waals surface area contributed by atoms with E-state index in [1.54, 1.807) is 24.1 Å². The zero-order valence-electron chi connectivity index (χ0n) is 12.9. The fourth-order valence-electron chi connectivity index (χ4n) is 2.18. The Bertz CT molecular complexity index is 800. The molecule has 122 valence electrons. The number of carbonyl (C=O) groups is 1. The summed E-state index contributed by atoms with van der Waals surface area (Å²) in [5.41, 5.74) is 1.75. The molecule has 0 spiro atoms. The smallest absolute Gasteiger partial charge is 0.251 e. The number of carbonyl (C=O) groups excluding carboxylic acids is 1. The second kappa shape index (κ2) is 8.08. The highest BCUT2D eigenvalue weighted by atomic mass is 35.5. The van der Waals surface area contributed by atoms with Crippen molar-refractivity contribution in [2.75, 3.05) is 0 Å². The lowest BCUT2D eigenvalue weighted by Gasteiger charge is -2.06. The van der Waals surface area contributed by atoms with Gasteiger partial charge in [-0.3, -0.25) is 4.79 Å². The van der Waals surface area contributed by atoms with E-state index < -0.39 is 0 Å². The van der Waals surface area contributed by atoms with Crippen LogP contribution in [0.3, 0.4) is 0 Å². The van der Waals surface area contributed by atoms with Gasteiger partial charge in [0.05, 0.1) is 12.8 Å². The van der Waals surface area contributed by atoms with Gasteiger partial charge in [0.25, 0.3) is 5.91 Å². The zero-order chi connectivity index (χ0) is 16.8. The van der Waals surface area contributed by atoms with Crippen molar-refractivity contribution >= 4 is 29.3 Å². The molecule has 3 aromatic rings. The fraction of sp³-hybridized carbons (Fsp3) is 0.105. The van der Waals surface area contributed by atoms with Gasteiger partial charge < -0.3 is 9.73 Å². The minimum absolute atomic E-state index is 0.107. The van der Waals surface area contributed by atoms with E-state index in [0.717, 1.165) is 27.0 Å². The van der Waals surface area contributed by atoms with Crippen LogP contribution in [0.4, 0.5) is 0 Å². The van der Waals surface area contributed by atoms with Crippen molar-refractivity contribution in [2.24, 2.45) is 0 Å². The molecule has 0 fully saturated rings. The van der Waals surface area contributed by atoms with E-state index in [-0.39, 0.29) is 5.91 Å². The molecule has 1 N–H and O–H groups in total. The molecule has 3 rings (SSSR count). The second-order valence-electron chi connectivity index (χ2n) is 5.21. The first kappa shape index (κ1) is 16.7. The largest absolute Gasteiger partial charge is 0.467 e. The van der Waals surface area contributed by atoms with Crippen LogP contribution in [-0.4, -0.2) is 5.91 Å². The maximum Gasteiger partial charge on any atom is 0.251 e. The Hall–Kier alpha value is -2.17. The Labute approximate surface area is 150 Å². The molecule has 0 aliphatic rings. The van der Waals surface area contributed by atoms with E-state index in [1.807, 2.05) is 54.6 Å². The molecule has 0 unspecified atom stereocenters. The van der Waals surface area contributed by atoms with Crippen LogP contribution in [0.15, 0.2) is 76.2 Å². The summed E-state index contributed by atoms with van der Waals surface area (Å²) in [6, 6.07) is 19.0. The van der Waals surface area contributed by atoms with Gasteiger partial charge in [-0.05, 0) is 54.1 Å². The predicted molar refractivity (Wildman–Crippen MR) is 97.3 cm³/mol. The molecule has 1 heterocycles. The molecule has 0 saturated carbocycles. The molecular weight excluding hydrogens is 342 g/mol. The van der Waals surface area contributed by atoms with Crippen molar-refractivity contribution in [3.63, 3.8) is 0 Å². The minimum atomic E-state index is -0.107. The lowest BCUT2D eigenvalue weighted by molar-refractivity contribution is 0.0948. The van der Waals surface area contributed by atoms with Gasteiger partial charge in [0.15, 0.2) is 0 Å². The molecule has 2 aromatic carbocycles. The van der Waals surface area contributed by atoms with Crippen LogP contribution in [0.1, 0.15) is 21.7 Å². The number of amides is 1. The van der Waals surface area contributed by atoms with Crippen molar-refractivity contribution in [1.82, 2.24) is 5.32 Å². The van der Waals surface area contributed by atoms with E-state index in [4.69, 9.17) is 16.0 Å². The summed E-state index contributed by atoms with van der Waals surface area (Å²) in [6.45, 7) is 0.385. The Balaban J connectivity index is 1.58. The topological polar surface area (TPSA) is 42.2 Å². The van der Waals surface area contributed by atoms with Gasteiger partial charge >= 0.3 is 0 Å². The highest BCUT2D eigenvalue weighted by Gasteiger charge is 2.07. The van der Waals surface area contributed by atoms with Crippen LogP contribution >= 0.6 is 23.4 Å². The number of hydrogen-bond acceptors (Lipinski definition) is 3. The van der Waals surface area contributed by atoms with E-state index in [2.05, 4.69) is 5.32 Å². The Morgan fingerprint density at radius 1 is 1.08 bits per heavy atom. The van der Waals surface area contributed by atoms with Crippen LogP contribution in [-0.2, 0) is 12.3 Å². The average Bonchev–Trinajstić information content (AvgIpc) is 3.13. The van der Waals surface area contributed by atoms with E-state index >= 15 is 0 Å². The summed E-state index contributed by atoms with van der Waals surface area (Å²) in [6.07, 6.45) is 1.59. The summed E-state index contributed by atoms with van der Waals surface area (Å²) < 4.78 is 5.21. The zero-order valence-corrected chi connectivity index (χ0v) is 14.4. The monoisotopic (exact) mass is 357 g/mol. The Morgan fingerprint density at radius 2 is 1.92 bits per heavy atom. The summed E-state index contributed by atoms with van der Waals surface area (Å²) in [5, 5.41) is 3.59. The molecule has 0 aliphatic carbocycles. The molecule has 0 bridgehead atoms. The predicted octanol–water partition coefficient (Wildman–Crippen LogP) is 5.16. The third-order valence-electron chi connectivity index (χ3n) is 3.41. The van der Waals surface area contributed by atoms with Crippen molar-refractivity contribution in [1.29, 1.82) is 0 Å². The second-order valence-corrected chi connectivity index (χ2v) is 6.69. The molecule has 1 aromatic heterocycles. The number of thioether (sulfide) groups is 1. The Kier molecular flexibility index (Phi) is 5.62. The van der Waals surface area contributed by atoms with E-state index in [0.29, 0.717) is 12.1 Å². The summed E-state index contributed by atoms with van der Waals surface area (Å²) in [5.74, 6) is 1.42. The van der Waals surface area contributed by atoms with Gasteiger partial charge in [0, 0.05) is 21.2 Å². The first-order valence-electron chi connectivity index (χ1n) is 7.48. The number of halogens is 1. The number of benzene rings is 2. The lowest BCUT2D eigenvalue weighted by atomic mass is 10.1. The van der Waals surface area contributed by atoms with Crippen LogP contribution in [0.25, 0.3) is 0 Å². The van der Waals surface area contributed by atoms with E-state index in [9.17, 15) is 4.79 Å². The maximum atomic E-state index is 12.2. The summed E-state index contributed by atoms with van der Waals surface area (Å²) in [4.78, 5) is 13.4. The summed E-state index contributed by atoms with van der Waals surface area (Å²) >= 11 is 7.60. The normalized spacial score (nSPS) is 10.5. The molecule has 3 nitrogen and oxygen atoms in total. The van der Waals surface area contributed by atoms with E-state index in [1.165, 1.54) is 0 Å². The van der Waals surface area contributed by atoms with Crippen molar-refractivity contribution in [3.8, 4) is 0 Å². The van der Waals surface area contributed by atoms with Crippen molar-refractivity contribution in [3.05, 3.63) is 88.8 Å².